The van der Waals surface area contributed by atoms with E-state index in [1.165, 1.54) is 12.1 Å². The highest BCUT2D eigenvalue weighted by Gasteiger charge is 2.24. The normalized spacial score (nSPS) is 15.6. The van der Waals surface area contributed by atoms with Crippen LogP contribution >= 0.6 is 12.2 Å². The third-order valence-electron chi connectivity index (χ3n) is 4.75. The van der Waals surface area contributed by atoms with Crippen molar-refractivity contribution in [3.05, 3.63) is 53.8 Å². The van der Waals surface area contributed by atoms with Gasteiger partial charge in [0.15, 0.2) is 5.11 Å². The van der Waals surface area contributed by atoms with Crippen molar-refractivity contribution in [2.24, 2.45) is 0 Å². The number of nitrogens with one attached hydrogen (secondary N) is 2. The summed E-state index contributed by atoms with van der Waals surface area (Å²) >= 11 is 5.29. The molecule has 8 heteroatoms. The minimum absolute atomic E-state index is 0.285. The van der Waals surface area contributed by atoms with E-state index in [2.05, 4.69) is 10.6 Å². The average Bonchev–Trinajstić information content (AvgIpc) is 2.94. The van der Waals surface area contributed by atoms with Crippen LogP contribution in [0.3, 0.4) is 0 Å². The predicted octanol–water partition coefficient (Wildman–Crippen LogP) is 4.51. The van der Waals surface area contributed by atoms with E-state index in [1.807, 2.05) is 0 Å². The molecule has 0 radical (unpaired) electrons. The molecule has 0 atom stereocenters. The number of sulfonamides is 1. The molecule has 2 N–H and O–H groups in total. The molecule has 2 aromatic rings. The second-order valence-electron chi connectivity index (χ2n) is 6.88. The quantitative estimate of drug-likeness (QED) is 0.712. The molecule has 0 spiro atoms. The third kappa shape index (κ3) is 5.06. The molecule has 3 rings (SSSR count). The smallest absolute Gasteiger partial charge is 0.243 e. The van der Waals surface area contributed by atoms with Crippen molar-refractivity contribution in [1.82, 2.24) is 4.31 Å². The molecule has 1 fully saturated rings. The summed E-state index contributed by atoms with van der Waals surface area (Å²) in [5, 5.41) is 6.38. The fourth-order valence-corrected chi connectivity index (χ4v) is 4.94. The maximum Gasteiger partial charge on any atom is 0.243 e. The highest BCUT2D eigenvalue weighted by atomic mass is 32.2. The van der Waals surface area contributed by atoms with E-state index in [-0.39, 0.29) is 10.7 Å². The van der Waals surface area contributed by atoms with E-state index < -0.39 is 10.0 Å². The largest absolute Gasteiger partial charge is 0.332 e. The van der Waals surface area contributed by atoms with Gasteiger partial charge in [-0.1, -0.05) is 12.8 Å². The molecule has 150 valence electrons. The Morgan fingerprint density at radius 2 is 1.64 bits per heavy atom. The van der Waals surface area contributed by atoms with Gasteiger partial charge in [0.05, 0.1) is 4.90 Å². The zero-order chi connectivity index (χ0) is 20.1. The monoisotopic (exact) mass is 421 g/mol. The standard InChI is InChI=1S/C20H24FN3O2S2/c1-15-14-16(21)6-11-19(15)23-20(27)22-17-7-9-18(10-8-17)28(25,26)24-12-4-2-3-5-13-24/h6-11,14H,2-5,12-13H2,1H3,(H2,22,23,27). The van der Waals surface area contributed by atoms with E-state index in [0.29, 0.717) is 29.6 Å². The molecule has 0 saturated carbocycles. The topological polar surface area (TPSA) is 61.4 Å². The molecule has 5 nitrogen and oxygen atoms in total. The van der Waals surface area contributed by atoms with Crippen LogP contribution in [0, 0.1) is 12.7 Å². The average molecular weight is 422 g/mol. The van der Waals surface area contributed by atoms with Crippen molar-refractivity contribution in [2.75, 3.05) is 23.7 Å². The van der Waals surface area contributed by atoms with Gasteiger partial charge in [-0.2, -0.15) is 4.31 Å². The number of rotatable bonds is 4. The lowest BCUT2D eigenvalue weighted by Gasteiger charge is -2.20. The minimum Gasteiger partial charge on any atom is -0.332 e. The Labute approximate surface area is 171 Å². The van der Waals surface area contributed by atoms with Crippen LogP contribution in [0.1, 0.15) is 31.2 Å². The lowest BCUT2D eigenvalue weighted by Crippen LogP contribution is -2.31. The Hall–Kier alpha value is -2.03. The number of hydrogen-bond donors (Lipinski definition) is 2. The summed E-state index contributed by atoms with van der Waals surface area (Å²) < 4.78 is 40.4. The van der Waals surface area contributed by atoms with Crippen LogP contribution < -0.4 is 10.6 Å². The van der Waals surface area contributed by atoms with Crippen molar-refractivity contribution in [3.63, 3.8) is 0 Å². The number of halogens is 1. The van der Waals surface area contributed by atoms with Gasteiger partial charge >= 0.3 is 0 Å². The fourth-order valence-electron chi connectivity index (χ4n) is 3.19. The van der Waals surface area contributed by atoms with Gasteiger partial charge < -0.3 is 10.6 Å². The summed E-state index contributed by atoms with van der Waals surface area (Å²) in [7, 11) is -3.47. The van der Waals surface area contributed by atoms with Gasteiger partial charge in [0.1, 0.15) is 5.82 Å². The van der Waals surface area contributed by atoms with Crippen molar-refractivity contribution in [3.8, 4) is 0 Å². The van der Waals surface area contributed by atoms with Gasteiger partial charge in [-0.05, 0) is 80.0 Å². The van der Waals surface area contributed by atoms with Crippen LogP contribution in [0.15, 0.2) is 47.4 Å². The molecule has 0 unspecified atom stereocenters. The molecule has 28 heavy (non-hydrogen) atoms. The summed E-state index contributed by atoms with van der Waals surface area (Å²) in [6.45, 7) is 2.94. The summed E-state index contributed by atoms with van der Waals surface area (Å²) in [5.74, 6) is -0.303. The van der Waals surface area contributed by atoms with Gasteiger partial charge in [-0.3, -0.25) is 0 Å². The van der Waals surface area contributed by atoms with Crippen LogP contribution in [0.2, 0.25) is 0 Å². The highest BCUT2D eigenvalue weighted by molar-refractivity contribution is 7.89. The van der Waals surface area contributed by atoms with Gasteiger partial charge in [0.25, 0.3) is 0 Å². The van der Waals surface area contributed by atoms with E-state index in [9.17, 15) is 12.8 Å². The number of aryl methyl sites for hydroxylation is 1. The van der Waals surface area contributed by atoms with Crippen LogP contribution in [0.25, 0.3) is 0 Å². The highest BCUT2D eigenvalue weighted by Crippen LogP contribution is 2.22. The van der Waals surface area contributed by atoms with E-state index in [0.717, 1.165) is 31.2 Å². The second kappa shape index (κ2) is 8.98. The number of thiocarbonyl (C=S) groups is 1. The lowest BCUT2D eigenvalue weighted by molar-refractivity contribution is 0.424. The number of hydrogen-bond acceptors (Lipinski definition) is 3. The SMILES string of the molecule is Cc1cc(F)ccc1NC(=S)Nc1ccc(S(=O)(=O)N2CCCCCC2)cc1. The molecule has 0 aliphatic carbocycles. The number of anilines is 2. The number of nitrogens with zero attached hydrogens (tertiary/aromatic N) is 1. The van der Waals surface area contributed by atoms with Crippen molar-refractivity contribution >= 4 is 38.7 Å². The molecule has 1 aliphatic heterocycles. The lowest BCUT2D eigenvalue weighted by atomic mass is 10.2. The third-order valence-corrected chi connectivity index (χ3v) is 6.87. The first-order valence-corrected chi connectivity index (χ1v) is 11.2. The molecular weight excluding hydrogens is 397 g/mol. The first kappa shape index (κ1) is 20.7. The van der Waals surface area contributed by atoms with Crippen LogP contribution in [-0.2, 0) is 10.0 Å². The minimum atomic E-state index is -3.47. The Bertz CT molecular complexity index is 938. The maximum absolute atomic E-state index is 13.2. The van der Waals surface area contributed by atoms with E-state index in [4.69, 9.17) is 12.2 Å². The molecular formula is C20H24FN3O2S2. The zero-order valence-corrected chi connectivity index (χ0v) is 17.4. The molecule has 1 heterocycles. The first-order valence-electron chi connectivity index (χ1n) is 9.30. The van der Waals surface area contributed by atoms with Gasteiger partial charge in [-0.25, -0.2) is 12.8 Å². The summed E-state index contributed by atoms with van der Waals surface area (Å²) in [5.41, 5.74) is 2.12. The second-order valence-corrected chi connectivity index (χ2v) is 9.23. The molecule has 0 bridgehead atoms. The van der Waals surface area contributed by atoms with Crippen LogP contribution in [0.4, 0.5) is 15.8 Å². The zero-order valence-electron chi connectivity index (χ0n) is 15.7. The predicted molar refractivity (Wildman–Crippen MR) is 115 cm³/mol. The summed E-state index contributed by atoms with van der Waals surface area (Å²) in [6.07, 6.45) is 3.96. The Kier molecular flexibility index (Phi) is 6.64. The van der Waals surface area contributed by atoms with Crippen molar-refractivity contribution in [1.29, 1.82) is 0 Å². The summed E-state index contributed by atoms with van der Waals surface area (Å²) in [6, 6.07) is 11.0. The van der Waals surface area contributed by atoms with Gasteiger partial charge in [0.2, 0.25) is 10.0 Å². The molecule has 1 saturated heterocycles. The Morgan fingerprint density at radius 3 is 2.25 bits per heavy atom. The van der Waals surface area contributed by atoms with Crippen molar-refractivity contribution in [2.45, 2.75) is 37.5 Å². The van der Waals surface area contributed by atoms with Gasteiger partial charge in [-0.15, -0.1) is 0 Å². The molecule has 1 aliphatic rings. The van der Waals surface area contributed by atoms with E-state index in [1.54, 1.807) is 41.6 Å². The molecule has 0 amide bonds. The van der Waals surface area contributed by atoms with Gasteiger partial charge in [0, 0.05) is 24.5 Å². The van der Waals surface area contributed by atoms with Crippen molar-refractivity contribution < 1.29 is 12.8 Å². The Morgan fingerprint density at radius 1 is 1.00 bits per heavy atom. The molecule has 0 aromatic heterocycles. The van der Waals surface area contributed by atoms with Crippen LogP contribution in [-0.4, -0.2) is 30.9 Å². The van der Waals surface area contributed by atoms with E-state index >= 15 is 0 Å². The number of benzene rings is 2. The fraction of sp³-hybridized carbons (Fsp3) is 0.350. The molecule has 2 aromatic carbocycles. The maximum atomic E-state index is 13.2. The summed E-state index contributed by atoms with van der Waals surface area (Å²) in [4.78, 5) is 0.285. The Balaban J connectivity index is 1.66. The van der Waals surface area contributed by atoms with Crippen LogP contribution in [0.5, 0.6) is 0 Å². The first-order chi connectivity index (χ1) is 13.4.